The largest absolute Gasteiger partial charge is 0.392 e. The molecular formula is C33H37N3O5S2. The summed E-state index contributed by atoms with van der Waals surface area (Å²) in [5, 5.41) is 15.3. The van der Waals surface area contributed by atoms with Crippen LogP contribution in [0.15, 0.2) is 77.1 Å². The molecule has 2 heterocycles. The lowest BCUT2D eigenvalue weighted by atomic mass is 10.0. The molecule has 226 valence electrons. The van der Waals surface area contributed by atoms with Gasteiger partial charge in [-0.2, -0.15) is 0 Å². The van der Waals surface area contributed by atoms with Crippen molar-refractivity contribution in [2.45, 2.75) is 68.5 Å². The first-order valence-electron chi connectivity index (χ1n) is 14.6. The number of hydrogen-bond acceptors (Lipinski definition) is 8. The molecule has 2 amide bonds. The number of carbonyl (C=O) groups excluding carboxylic acids is 2. The Morgan fingerprint density at radius 2 is 1.84 bits per heavy atom. The van der Waals surface area contributed by atoms with Gasteiger partial charge in [-0.3, -0.25) is 9.59 Å². The first-order valence-corrected chi connectivity index (χ1v) is 16.4. The molecule has 0 radical (unpaired) electrons. The summed E-state index contributed by atoms with van der Waals surface area (Å²) in [6.45, 7) is 2.13. The van der Waals surface area contributed by atoms with Gasteiger partial charge in [0.05, 0.1) is 29.0 Å². The standard InChI is InChI=1S/C33H37N3O5S2/c1-22(38)34-17-6-2-3-12-31(39)35-26-9-7-8-25(18-26)32-40-27(19-29(41-32)24-15-13-23(20-37)14-16-24)21-42-33-36-28-10-4-5-11-30(28)43-33/h4-5,7-11,13-16,18,27,29,32,37H,2-3,6,12,17,19-21H2,1H3,(H,34,38)(H,35,39)/t27-,29+,32+/m0/s1. The fourth-order valence-electron chi connectivity index (χ4n) is 4.94. The fourth-order valence-corrected chi connectivity index (χ4v) is 7.05. The summed E-state index contributed by atoms with van der Waals surface area (Å²) < 4.78 is 15.2. The van der Waals surface area contributed by atoms with Crippen LogP contribution in [0.1, 0.15) is 68.1 Å². The second-order valence-corrected chi connectivity index (χ2v) is 12.9. The molecule has 0 spiro atoms. The minimum atomic E-state index is -0.608. The number of fused-ring (bicyclic) bond motifs is 1. The number of nitrogens with zero attached hydrogens (tertiary/aromatic N) is 1. The van der Waals surface area contributed by atoms with E-state index in [-0.39, 0.29) is 30.6 Å². The smallest absolute Gasteiger partial charge is 0.224 e. The lowest BCUT2D eigenvalue weighted by molar-refractivity contribution is -0.245. The number of hydrogen-bond donors (Lipinski definition) is 3. The zero-order chi connectivity index (χ0) is 30.0. The molecule has 10 heteroatoms. The Kier molecular flexibility index (Phi) is 11.2. The summed E-state index contributed by atoms with van der Waals surface area (Å²) in [6, 6.07) is 23.6. The van der Waals surface area contributed by atoms with E-state index in [0.29, 0.717) is 25.1 Å². The number of ether oxygens (including phenoxy) is 2. The number of benzene rings is 3. The Bertz CT molecular complexity index is 1480. The van der Waals surface area contributed by atoms with Gasteiger partial charge < -0.3 is 25.2 Å². The molecule has 1 saturated heterocycles. The number of aliphatic hydroxyl groups is 1. The topological polar surface area (TPSA) is 110 Å². The maximum Gasteiger partial charge on any atom is 0.224 e. The van der Waals surface area contributed by atoms with E-state index in [2.05, 4.69) is 16.7 Å². The number of nitrogens with one attached hydrogen (secondary N) is 2. The van der Waals surface area contributed by atoms with E-state index in [1.165, 1.54) is 11.6 Å². The SMILES string of the molecule is CC(=O)NCCCCCC(=O)Nc1cccc([C@@H]2O[C@H](CSc3nc4ccccc4s3)C[C@H](c3ccc(CO)cc3)O2)c1. The summed E-state index contributed by atoms with van der Waals surface area (Å²) in [5.74, 6) is 0.644. The van der Waals surface area contributed by atoms with E-state index in [0.717, 1.165) is 51.6 Å². The third-order valence-corrected chi connectivity index (χ3v) is 9.49. The van der Waals surface area contributed by atoms with Crippen LogP contribution in [0.25, 0.3) is 10.2 Å². The lowest BCUT2D eigenvalue weighted by Gasteiger charge is -2.36. The van der Waals surface area contributed by atoms with E-state index in [1.54, 1.807) is 23.1 Å². The number of thioether (sulfide) groups is 1. The van der Waals surface area contributed by atoms with Gasteiger partial charge in [0.1, 0.15) is 0 Å². The van der Waals surface area contributed by atoms with E-state index in [4.69, 9.17) is 14.5 Å². The van der Waals surface area contributed by atoms with Gasteiger partial charge in [-0.25, -0.2) is 4.98 Å². The molecule has 0 unspecified atom stereocenters. The van der Waals surface area contributed by atoms with Crippen molar-refractivity contribution in [1.29, 1.82) is 0 Å². The van der Waals surface area contributed by atoms with Gasteiger partial charge in [0.2, 0.25) is 11.8 Å². The molecule has 8 nitrogen and oxygen atoms in total. The van der Waals surface area contributed by atoms with Crippen LogP contribution >= 0.6 is 23.1 Å². The Balaban J connectivity index is 1.24. The fraction of sp³-hybridized carbons (Fsp3) is 0.364. The number of thiazole rings is 1. The van der Waals surface area contributed by atoms with E-state index >= 15 is 0 Å². The van der Waals surface area contributed by atoms with Gasteiger partial charge in [0, 0.05) is 43.3 Å². The number of rotatable bonds is 13. The maximum absolute atomic E-state index is 12.6. The van der Waals surface area contributed by atoms with E-state index in [1.807, 2.05) is 66.7 Å². The lowest BCUT2D eigenvalue weighted by Crippen LogP contribution is -2.31. The summed E-state index contributed by atoms with van der Waals surface area (Å²) in [5.41, 5.74) is 4.42. The highest BCUT2D eigenvalue weighted by Crippen LogP contribution is 2.40. The summed E-state index contributed by atoms with van der Waals surface area (Å²) in [6.07, 6.45) is 2.68. The molecule has 1 aromatic heterocycles. The molecule has 3 atom stereocenters. The van der Waals surface area contributed by atoms with Crippen molar-refractivity contribution in [3.63, 3.8) is 0 Å². The van der Waals surface area contributed by atoms with Crippen LogP contribution in [-0.2, 0) is 25.7 Å². The van der Waals surface area contributed by atoms with Crippen LogP contribution in [0.4, 0.5) is 5.69 Å². The van der Waals surface area contributed by atoms with Crippen LogP contribution in [0.2, 0.25) is 0 Å². The maximum atomic E-state index is 12.6. The second-order valence-electron chi connectivity index (χ2n) is 10.6. The third kappa shape index (κ3) is 9.11. The van der Waals surface area contributed by atoms with Crippen molar-refractivity contribution in [2.75, 3.05) is 17.6 Å². The molecule has 4 aromatic rings. The number of para-hydroxylation sites is 1. The highest BCUT2D eigenvalue weighted by molar-refractivity contribution is 8.01. The first kappa shape index (κ1) is 31.2. The van der Waals surface area contributed by atoms with Crippen LogP contribution in [-0.4, -0.2) is 40.3 Å². The molecule has 3 aromatic carbocycles. The number of unbranched alkanes of at least 4 members (excludes halogenated alkanes) is 2. The van der Waals surface area contributed by atoms with Crippen molar-refractivity contribution < 1.29 is 24.2 Å². The zero-order valence-corrected chi connectivity index (χ0v) is 25.8. The number of carbonyl (C=O) groups is 2. The Hall–Kier alpha value is -3.28. The van der Waals surface area contributed by atoms with Crippen molar-refractivity contribution in [2.24, 2.45) is 0 Å². The average molecular weight is 620 g/mol. The zero-order valence-electron chi connectivity index (χ0n) is 24.2. The van der Waals surface area contributed by atoms with Crippen molar-refractivity contribution in [3.05, 3.63) is 89.5 Å². The molecular weight excluding hydrogens is 583 g/mol. The van der Waals surface area contributed by atoms with E-state index in [9.17, 15) is 14.7 Å². The summed E-state index contributed by atoms with van der Waals surface area (Å²) in [7, 11) is 0. The van der Waals surface area contributed by atoms with Gasteiger partial charge >= 0.3 is 0 Å². The molecule has 0 saturated carbocycles. The molecule has 0 aliphatic carbocycles. The molecule has 1 fully saturated rings. The number of aromatic nitrogens is 1. The van der Waals surface area contributed by atoms with Crippen molar-refractivity contribution in [3.8, 4) is 0 Å². The molecule has 1 aliphatic heterocycles. The Morgan fingerprint density at radius 3 is 2.63 bits per heavy atom. The van der Waals surface area contributed by atoms with Gasteiger partial charge in [0.25, 0.3) is 0 Å². The van der Waals surface area contributed by atoms with Gasteiger partial charge in [-0.1, -0.05) is 66.7 Å². The minimum Gasteiger partial charge on any atom is -0.392 e. The minimum absolute atomic E-state index is 0.00540. The Morgan fingerprint density at radius 1 is 1.00 bits per heavy atom. The van der Waals surface area contributed by atoms with E-state index < -0.39 is 6.29 Å². The quantitative estimate of drug-likeness (QED) is 0.112. The molecule has 0 bridgehead atoms. The normalized spacial score (nSPS) is 18.4. The predicted octanol–water partition coefficient (Wildman–Crippen LogP) is 6.76. The highest BCUT2D eigenvalue weighted by atomic mass is 32.2. The summed E-state index contributed by atoms with van der Waals surface area (Å²) in [4.78, 5) is 28.3. The third-order valence-electron chi connectivity index (χ3n) is 7.18. The summed E-state index contributed by atoms with van der Waals surface area (Å²) >= 11 is 3.38. The molecule has 3 N–H and O–H groups in total. The van der Waals surface area contributed by atoms with Gasteiger partial charge in [-0.15, -0.1) is 11.3 Å². The van der Waals surface area contributed by atoms with Crippen LogP contribution in [0.5, 0.6) is 0 Å². The predicted molar refractivity (Wildman–Crippen MR) is 171 cm³/mol. The van der Waals surface area contributed by atoms with Crippen LogP contribution in [0, 0.1) is 0 Å². The molecule has 5 rings (SSSR count). The van der Waals surface area contributed by atoms with Crippen molar-refractivity contribution >= 4 is 50.8 Å². The van der Waals surface area contributed by atoms with Crippen molar-refractivity contribution in [1.82, 2.24) is 10.3 Å². The monoisotopic (exact) mass is 619 g/mol. The molecule has 43 heavy (non-hydrogen) atoms. The number of anilines is 1. The van der Waals surface area contributed by atoms with Gasteiger partial charge in [-0.05, 0) is 48.2 Å². The Labute approximate surface area is 260 Å². The van der Waals surface area contributed by atoms with Crippen LogP contribution < -0.4 is 10.6 Å². The molecule has 1 aliphatic rings. The highest BCUT2D eigenvalue weighted by Gasteiger charge is 2.32. The van der Waals surface area contributed by atoms with Gasteiger partial charge in [0.15, 0.2) is 10.6 Å². The van der Waals surface area contributed by atoms with Crippen LogP contribution in [0.3, 0.4) is 0 Å². The number of aliphatic hydroxyl groups excluding tert-OH is 1. The average Bonchev–Trinajstić information content (AvgIpc) is 3.45. The first-order chi connectivity index (χ1) is 21.0. The second kappa shape index (κ2) is 15.4. The number of amides is 2.